The number of primary amides is 1. The summed E-state index contributed by atoms with van der Waals surface area (Å²) in [6.07, 6.45) is 3.35. The molecule has 2 heterocycles. The van der Waals surface area contributed by atoms with E-state index >= 15 is 0 Å². The number of nitrogens with zero attached hydrogens (tertiary/aromatic N) is 2. The van der Waals surface area contributed by atoms with Crippen molar-refractivity contribution in [1.82, 2.24) is 9.80 Å². The van der Waals surface area contributed by atoms with Gasteiger partial charge < -0.3 is 10.6 Å². The third kappa shape index (κ3) is 4.53. The number of carbonyl (C=O) groups excluding carboxylic acids is 2. The van der Waals surface area contributed by atoms with Gasteiger partial charge in [-0.3, -0.25) is 14.5 Å². The summed E-state index contributed by atoms with van der Waals surface area (Å²) in [7, 11) is 0. The molecule has 2 N–H and O–H groups in total. The van der Waals surface area contributed by atoms with E-state index in [1.54, 1.807) is 0 Å². The molecule has 2 aliphatic heterocycles. The number of rotatable bonds is 4. The Balaban J connectivity index is 1.55. The predicted molar refractivity (Wildman–Crippen MR) is 98.0 cm³/mol. The molecule has 2 fully saturated rings. The average Bonchev–Trinajstić information content (AvgIpc) is 2.63. The summed E-state index contributed by atoms with van der Waals surface area (Å²) in [6, 6.07) is 7.88. The fourth-order valence-electron chi connectivity index (χ4n) is 3.91. The van der Waals surface area contributed by atoms with Gasteiger partial charge in [-0.1, -0.05) is 29.8 Å². The standard InChI is InChI=1S/C19H26ClN3O2/c20-17-6-2-1-4-15(17)12-22-9-3-5-16(13-22)19(25)23-10-7-14(8-11-23)18(21)24/h1-2,4,6,14,16H,3,5,7-13H2,(H2,21,24). The lowest BCUT2D eigenvalue weighted by molar-refractivity contribution is -0.140. The molecule has 2 saturated heterocycles. The van der Waals surface area contributed by atoms with Gasteiger partial charge in [0.25, 0.3) is 0 Å². The van der Waals surface area contributed by atoms with Crippen LogP contribution in [0.5, 0.6) is 0 Å². The van der Waals surface area contributed by atoms with Crippen molar-refractivity contribution in [3.63, 3.8) is 0 Å². The van der Waals surface area contributed by atoms with Crippen molar-refractivity contribution < 1.29 is 9.59 Å². The number of amides is 2. The second-order valence-electron chi connectivity index (χ2n) is 7.17. The minimum absolute atomic E-state index is 0.0429. The monoisotopic (exact) mass is 363 g/mol. The van der Waals surface area contributed by atoms with Crippen LogP contribution in [0.2, 0.25) is 5.02 Å². The van der Waals surface area contributed by atoms with Crippen LogP contribution in [0.15, 0.2) is 24.3 Å². The number of carbonyl (C=O) groups is 2. The molecule has 1 aromatic carbocycles. The van der Waals surface area contributed by atoms with Crippen molar-refractivity contribution in [3.8, 4) is 0 Å². The minimum atomic E-state index is -0.240. The molecule has 0 saturated carbocycles. The second-order valence-corrected chi connectivity index (χ2v) is 7.57. The molecule has 1 atom stereocenters. The highest BCUT2D eigenvalue weighted by atomic mass is 35.5. The maximum Gasteiger partial charge on any atom is 0.226 e. The molecule has 5 nitrogen and oxygen atoms in total. The van der Waals surface area contributed by atoms with E-state index in [4.69, 9.17) is 17.3 Å². The molecule has 2 amide bonds. The van der Waals surface area contributed by atoms with Crippen LogP contribution in [0.3, 0.4) is 0 Å². The zero-order chi connectivity index (χ0) is 17.8. The zero-order valence-electron chi connectivity index (χ0n) is 14.5. The van der Waals surface area contributed by atoms with Gasteiger partial charge in [-0.15, -0.1) is 0 Å². The van der Waals surface area contributed by atoms with E-state index in [9.17, 15) is 9.59 Å². The van der Waals surface area contributed by atoms with Crippen LogP contribution >= 0.6 is 11.6 Å². The average molecular weight is 364 g/mol. The molecule has 25 heavy (non-hydrogen) atoms. The summed E-state index contributed by atoms with van der Waals surface area (Å²) in [6.45, 7) is 3.85. The summed E-state index contributed by atoms with van der Waals surface area (Å²) in [4.78, 5) is 28.4. The molecule has 3 rings (SSSR count). The Kier molecular flexibility index (Phi) is 5.97. The lowest BCUT2D eigenvalue weighted by atomic mass is 9.92. The number of likely N-dealkylation sites (tertiary alicyclic amines) is 2. The Morgan fingerprint density at radius 2 is 1.80 bits per heavy atom. The normalized spacial score (nSPS) is 22.8. The molecule has 0 aliphatic carbocycles. The van der Waals surface area contributed by atoms with E-state index in [2.05, 4.69) is 4.90 Å². The fraction of sp³-hybridized carbons (Fsp3) is 0.579. The predicted octanol–water partition coefficient (Wildman–Crippen LogP) is 2.28. The van der Waals surface area contributed by atoms with Crippen molar-refractivity contribution in [2.45, 2.75) is 32.2 Å². The van der Waals surface area contributed by atoms with Crippen LogP contribution in [0.25, 0.3) is 0 Å². The third-order valence-corrected chi connectivity index (χ3v) is 5.78. The molecular formula is C19H26ClN3O2. The third-order valence-electron chi connectivity index (χ3n) is 5.42. The summed E-state index contributed by atoms with van der Waals surface area (Å²) >= 11 is 6.26. The van der Waals surface area contributed by atoms with Gasteiger partial charge in [-0.05, 0) is 43.9 Å². The van der Waals surface area contributed by atoms with E-state index in [0.717, 1.165) is 43.1 Å². The minimum Gasteiger partial charge on any atom is -0.369 e. The molecule has 1 aromatic rings. The summed E-state index contributed by atoms with van der Waals surface area (Å²) in [5, 5.41) is 0.782. The number of halogens is 1. The Hall–Kier alpha value is -1.59. The summed E-state index contributed by atoms with van der Waals surface area (Å²) in [5.41, 5.74) is 6.49. The van der Waals surface area contributed by atoms with Gasteiger partial charge in [-0.2, -0.15) is 0 Å². The number of hydrogen-bond donors (Lipinski definition) is 1. The number of piperidine rings is 2. The molecular weight excluding hydrogens is 338 g/mol. The molecule has 1 unspecified atom stereocenters. The van der Waals surface area contributed by atoms with Crippen molar-refractivity contribution in [1.29, 1.82) is 0 Å². The van der Waals surface area contributed by atoms with Gasteiger partial charge in [0, 0.05) is 37.1 Å². The molecule has 2 aliphatic rings. The van der Waals surface area contributed by atoms with Crippen LogP contribution in [-0.4, -0.2) is 47.8 Å². The molecule has 136 valence electrons. The van der Waals surface area contributed by atoms with Crippen molar-refractivity contribution in [3.05, 3.63) is 34.9 Å². The van der Waals surface area contributed by atoms with Crippen LogP contribution in [-0.2, 0) is 16.1 Å². The van der Waals surface area contributed by atoms with Gasteiger partial charge in [0.2, 0.25) is 11.8 Å². The number of nitrogens with two attached hydrogens (primary N) is 1. The van der Waals surface area contributed by atoms with Crippen LogP contribution in [0.4, 0.5) is 0 Å². The maximum atomic E-state index is 12.9. The topological polar surface area (TPSA) is 66.6 Å². The van der Waals surface area contributed by atoms with Gasteiger partial charge in [0.15, 0.2) is 0 Å². The Morgan fingerprint density at radius 1 is 1.08 bits per heavy atom. The Labute approximate surface area is 154 Å². The SMILES string of the molecule is NC(=O)C1CCN(C(=O)C2CCCN(Cc3ccccc3Cl)C2)CC1. The van der Waals surface area contributed by atoms with Gasteiger partial charge in [0.05, 0.1) is 5.92 Å². The zero-order valence-corrected chi connectivity index (χ0v) is 15.3. The highest BCUT2D eigenvalue weighted by molar-refractivity contribution is 6.31. The van der Waals surface area contributed by atoms with Gasteiger partial charge in [-0.25, -0.2) is 0 Å². The first-order valence-corrected chi connectivity index (χ1v) is 9.46. The lowest BCUT2D eigenvalue weighted by Gasteiger charge is -2.37. The largest absolute Gasteiger partial charge is 0.369 e. The van der Waals surface area contributed by atoms with Crippen LogP contribution < -0.4 is 5.73 Å². The molecule has 0 radical (unpaired) electrons. The first-order valence-electron chi connectivity index (χ1n) is 9.08. The smallest absolute Gasteiger partial charge is 0.226 e. The van der Waals surface area contributed by atoms with E-state index < -0.39 is 0 Å². The highest BCUT2D eigenvalue weighted by Crippen LogP contribution is 2.25. The van der Waals surface area contributed by atoms with Crippen LogP contribution in [0, 0.1) is 11.8 Å². The fourth-order valence-corrected chi connectivity index (χ4v) is 4.11. The number of hydrogen-bond acceptors (Lipinski definition) is 3. The van der Waals surface area contributed by atoms with Crippen molar-refractivity contribution in [2.75, 3.05) is 26.2 Å². The van der Waals surface area contributed by atoms with Crippen molar-refractivity contribution >= 4 is 23.4 Å². The molecule has 0 aromatic heterocycles. The summed E-state index contributed by atoms with van der Waals surface area (Å²) < 4.78 is 0. The second kappa shape index (κ2) is 8.19. The Morgan fingerprint density at radius 3 is 2.48 bits per heavy atom. The van der Waals surface area contributed by atoms with E-state index in [0.29, 0.717) is 25.9 Å². The van der Waals surface area contributed by atoms with Crippen LogP contribution in [0.1, 0.15) is 31.2 Å². The number of benzene rings is 1. The van der Waals surface area contributed by atoms with E-state index in [-0.39, 0.29) is 23.7 Å². The van der Waals surface area contributed by atoms with E-state index in [1.165, 1.54) is 0 Å². The highest BCUT2D eigenvalue weighted by Gasteiger charge is 2.32. The lowest BCUT2D eigenvalue weighted by Crippen LogP contribution is -2.48. The molecule has 0 bridgehead atoms. The van der Waals surface area contributed by atoms with Crippen molar-refractivity contribution in [2.24, 2.45) is 17.6 Å². The van der Waals surface area contributed by atoms with E-state index in [1.807, 2.05) is 29.2 Å². The molecule has 6 heteroatoms. The van der Waals surface area contributed by atoms with Gasteiger partial charge in [0.1, 0.15) is 0 Å². The molecule has 0 spiro atoms. The first kappa shape index (κ1) is 18.2. The van der Waals surface area contributed by atoms with Gasteiger partial charge >= 0.3 is 0 Å². The quantitative estimate of drug-likeness (QED) is 0.892. The maximum absolute atomic E-state index is 12.9. The first-order chi connectivity index (χ1) is 12.0. The Bertz CT molecular complexity index is 629. The summed E-state index contributed by atoms with van der Waals surface area (Å²) in [5.74, 6) is -0.0454.